The quantitative estimate of drug-likeness (QED) is 0.559. The van der Waals surface area contributed by atoms with Crippen LogP contribution in [0.25, 0.3) is 0 Å². The van der Waals surface area contributed by atoms with Crippen LogP contribution in [0.1, 0.15) is 25.7 Å². The number of carbonyl (C=O) groups excluding carboxylic acids is 2. The van der Waals surface area contributed by atoms with E-state index in [1.807, 2.05) is 0 Å². The molecule has 4 bridgehead atoms. The van der Waals surface area contributed by atoms with Crippen LogP contribution in [0.2, 0.25) is 0 Å². The van der Waals surface area contributed by atoms with Crippen LogP contribution >= 0.6 is 0 Å². The summed E-state index contributed by atoms with van der Waals surface area (Å²) in [7, 11) is -6.13. The van der Waals surface area contributed by atoms with Gasteiger partial charge in [0.05, 0.1) is 5.92 Å². The van der Waals surface area contributed by atoms with Gasteiger partial charge in [-0.1, -0.05) is 0 Å². The van der Waals surface area contributed by atoms with Crippen LogP contribution in [0.15, 0.2) is 0 Å². The fourth-order valence-corrected chi connectivity index (χ4v) is 4.31. The summed E-state index contributed by atoms with van der Waals surface area (Å²) in [5.41, 5.74) is 0. The summed E-state index contributed by atoms with van der Waals surface area (Å²) >= 11 is 0. The molecule has 0 aromatic rings. The number of hydrogen-bond acceptors (Lipinski definition) is 6. The number of esters is 1. The van der Waals surface area contributed by atoms with Crippen LogP contribution in [-0.2, 0) is 24.4 Å². The van der Waals surface area contributed by atoms with Crippen LogP contribution in [0.4, 0.5) is 8.78 Å². The highest BCUT2D eigenvalue weighted by Gasteiger charge is 2.57. The number of carbonyl (C=O) groups is 2. The first kappa shape index (κ1) is 14.8. The Morgan fingerprint density at radius 3 is 2.52 bits per heavy atom. The molecule has 21 heavy (non-hydrogen) atoms. The zero-order chi connectivity index (χ0) is 15.6. The van der Waals surface area contributed by atoms with Crippen LogP contribution in [0.3, 0.4) is 0 Å². The van der Waals surface area contributed by atoms with Crippen molar-refractivity contribution in [2.75, 3.05) is 0 Å². The number of hydrogen-bond donors (Lipinski definition) is 0. The molecule has 0 heterocycles. The van der Waals surface area contributed by atoms with Crippen molar-refractivity contribution in [1.82, 2.24) is 0 Å². The van der Waals surface area contributed by atoms with E-state index in [-0.39, 0.29) is 17.6 Å². The van der Waals surface area contributed by atoms with Gasteiger partial charge in [-0.3, -0.25) is 4.79 Å². The Kier molecular flexibility index (Phi) is 3.14. The van der Waals surface area contributed by atoms with Crippen molar-refractivity contribution in [1.29, 1.82) is 0 Å². The maximum atomic E-state index is 13.2. The molecule has 0 spiro atoms. The molecule has 0 aromatic carbocycles. The van der Waals surface area contributed by atoms with E-state index >= 15 is 0 Å². The number of halogens is 2. The van der Waals surface area contributed by atoms with Gasteiger partial charge in [0.1, 0.15) is 11.9 Å². The molecule has 6 nitrogen and oxygen atoms in total. The van der Waals surface area contributed by atoms with Gasteiger partial charge in [-0.25, -0.2) is 13.2 Å². The van der Waals surface area contributed by atoms with Gasteiger partial charge in [-0.15, -0.1) is 0 Å². The lowest BCUT2D eigenvalue weighted by atomic mass is 9.54. The molecule has 4 aliphatic carbocycles. The summed E-state index contributed by atoms with van der Waals surface area (Å²) in [5, 5.41) is -5.12. The highest BCUT2D eigenvalue weighted by molar-refractivity contribution is 7.87. The lowest BCUT2D eigenvalue weighted by molar-refractivity contribution is -0.188. The molecular weight excluding hydrogens is 310 g/mol. The molecule has 4 saturated carbocycles. The van der Waals surface area contributed by atoms with Gasteiger partial charge in [0, 0.05) is 5.92 Å². The van der Waals surface area contributed by atoms with Crippen LogP contribution in [0, 0.1) is 23.7 Å². The lowest BCUT2D eigenvalue weighted by Gasteiger charge is -2.52. The molecule has 0 aliphatic heterocycles. The van der Waals surface area contributed by atoms with E-state index in [1.165, 1.54) is 0 Å². The van der Waals surface area contributed by atoms with Crippen molar-refractivity contribution in [3.05, 3.63) is 0 Å². The maximum Gasteiger partial charge on any atom is 0.428 e. The molecule has 0 radical (unpaired) electrons. The van der Waals surface area contributed by atoms with Crippen molar-refractivity contribution in [3.8, 4) is 0 Å². The first-order valence-corrected chi connectivity index (χ1v) is 8.10. The second-order valence-corrected chi connectivity index (χ2v) is 7.54. The van der Waals surface area contributed by atoms with Crippen molar-refractivity contribution in [2.45, 2.75) is 37.0 Å². The number of Topliss-reactive ketones (excluding diaryl/α,β-unsaturated/α-hetero) is 1. The monoisotopic (exact) mass is 323 g/mol. The molecule has 9 heteroatoms. The Balaban J connectivity index is 1.80. The second kappa shape index (κ2) is 4.45. The molecule has 4 fully saturated rings. The van der Waals surface area contributed by atoms with Crippen LogP contribution in [0.5, 0.6) is 0 Å². The number of ether oxygens (including phenoxy) is 1. The van der Waals surface area contributed by atoms with Crippen molar-refractivity contribution < 1.29 is 36.1 Å². The van der Waals surface area contributed by atoms with Crippen molar-refractivity contribution >= 4 is 21.9 Å². The van der Waals surface area contributed by atoms with E-state index in [0.717, 1.165) is 6.42 Å². The van der Waals surface area contributed by atoms with E-state index in [1.54, 1.807) is 0 Å². The number of alkyl halides is 2. The standard InChI is InChI=1S/C12H14F2O6S/c13-12(14,21(17,18)19)11(16)20-10-7-2-5-1-6(4-7)9(15)8(10)3-5/h5-8,10H,1-4H2,(H,17,18,19)/p-1. The van der Waals surface area contributed by atoms with Gasteiger partial charge in [0.15, 0.2) is 10.1 Å². The Morgan fingerprint density at radius 2 is 1.90 bits per heavy atom. The summed E-state index contributed by atoms with van der Waals surface area (Å²) in [6, 6.07) is 0. The summed E-state index contributed by atoms with van der Waals surface area (Å²) in [6.07, 6.45) is 1.37. The average Bonchev–Trinajstić information content (AvgIpc) is 2.37. The van der Waals surface area contributed by atoms with Crippen LogP contribution in [-0.4, -0.2) is 36.1 Å². The molecule has 4 rings (SSSR count). The Labute approximate surface area is 119 Å². The highest BCUT2D eigenvalue weighted by atomic mass is 32.2. The molecule has 118 valence electrons. The predicted molar refractivity (Wildman–Crippen MR) is 62.0 cm³/mol. The zero-order valence-corrected chi connectivity index (χ0v) is 11.6. The first-order chi connectivity index (χ1) is 9.61. The Bertz CT molecular complexity index is 601. The first-order valence-electron chi connectivity index (χ1n) is 6.69. The topological polar surface area (TPSA) is 101 Å². The molecule has 4 aliphatic rings. The number of rotatable bonds is 3. The minimum atomic E-state index is -6.13. The molecule has 0 amide bonds. The van der Waals surface area contributed by atoms with Crippen molar-refractivity contribution in [3.63, 3.8) is 0 Å². The predicted octanol–water partition coefficient (Wildman–Crippen LogP) is 0.671. The van der Waals surface area contributed by atoms with E-state index in [2.05, 4.69) is 4.74 Å². The Hall–Kier alpha value is -1.09. The van der Waals surface area contributed by atoms with E-state index in [9.17, 15) is 31.3 Å². The molecule has 0 aromatic heterocycles. The van der Waals surface area contributed by atoms with Gasteiger partial charge in [0.25, 0.3) is 0 Å². The van der Waals surface area contributed by atoms with Gasteiger partial charge >= 0.3 is 11.2 Å². The zero-order valence-electron chi connectivity index (χ0n) is 10.8. The smallest absolute Gasteiger partial charge is 0.428 e. The molecule has 5 unspecified atom stereocenters. The highest BCUT2D eigenvalue weighted by Crippen LogP contribution is 2.53. The van der Waals surface area contributed by atoms with Gasteiger partial charge < -0.3 is 9.29 Å². The lowest BCUT2D eigenvalue weighted by Crippen LogP contribution is -2.56. The third-order valence-corrected chi connectivity index (χ3v) is 5.65. The molecular formula is C12H13F2O6S-. The largest absolute Gasteiger partial charge is 0.743 e. The van der Waals surface area contributed by atoms with Crippen LogP contribution < -0.4 is 0 Å². The summed E-state index contributed by atoms with van der Waals surface area (Å²) in [6.45, 7) is 0. The average molecular weight is 323 g/mol. The minimum Gasteiger partial charge on any atom is -0.743 e. The fraction of sp³-hybridized carbons (Fsp3) is 0.833. The molecule has 5 atom stereocenters. The fourth-order valence-electron chi connectivity index (χ4n) is 4.05. The second-order valence-electron chi connectivity index (χ2n) is 6.12. The van der Waals surface area contributed by atoms with E-state index in [4.69, 9.17) is 0 Å². The summed E-state index contributed by atoms with van der Waals surface area (Å²) in [5.74, 6) is -3.10. The summed E-state index contributed by atoms with van der Waals surface area (Å²) in [4.78, 5) is 23.4. The molecule has 0 saturated heterocycles. The normalized spacial score (nSPS) is 38.6. The minimum absolute atomic E-state index is 0.103. The van der Waals surface area contributed by atoms with Gasteiger partial charge in [0.2, 0.25) is 0 Å². The van der Waals surface area contributed by atoms with E-state index < -0.39 is 33.4 Å². The molecule has 0 N–H and O–H groups in total. The Morgan fingerprint density at radius 1 is 1.24 bits per heavy atom. The van der Waals surface area contributed by atoms with E-state index in [0.29, 0.717) is 25.2 Å². The maximum absolute atomic E-state index is 13.2. The summed E-state index contributed by atoms with van der Waals surface area (Å²) < 4.78 is 62.3. The van der Waals surface area contributed by atoms with Crippen molar-refractivity contribution in [2.24, 2.45) is 23.7 Å². The van der Waals surface area contributed by atoms with Gasteiger partial charge in [-0.05, 0) is 37.5 Å². The third kappa shape index (κ3) is 2.17. The SMILES string of the molecule is O=C1C2CC3CC(C2)C(OC(=O)C(F)(F)S(=O)(=O)[O-])C1C3. The third-order valence-electron chi connectivity index (χ3n) is 4.85. The number of ketones is 1. The van der Waals surface area contributed by atoms with Gasteiger partial charge in [-0.2, -0.15) is 8.78 Å².